The lowest BCUT2D eigenvalue weighted by molar-refractivity contribution is -0.182. The summed E-state index contributed by atoms with van der Waals surface area (Å²) < 4.78 is 23.9. The first-order valence-electron chi connectivity index (χ1n) is 7.64. The molecule has 0 aliphatic carbocycles. The first-order chi connectivity index (χ1) is 12.4. The van der Waals surface area contributed by atoms with E-state index in [-0.39, 0.29) is 0 Å². The summed E-state index contributed by atoms with van der Waals surface area (Å²) in [6.07, 6.45) is -3.50. The summed E-state index contributed by atoms with van der Waals surface area (Å²) in [6.45, 7) is 1.93. The van der Waals surface area contributed by atoms with Gasteiger partial charge in [0.05, 0.1) is 6.20 Å². The summed E-state index contributed by atoms with van der Waals surface area (Å²) in [4.78, 5) is 60.2. The van der Waals surface area contributed by atoms with Gasteiger partial charge in [-0.3, -0.25) is 28.7 Å². The lowest BCUT2D eigenvalue weighted by Crippen LogP contribution is -2.66. The Balaban J connectivity index is 2.71. The Morgan fingerprint density at radius 3 is 2.26 bits per heavy atom. The van der Waals surface area contributed by atoms with E-state index in [0.29, 0.717) is 10.8 Å². The third kappa shape index (κ3) is 3.01. The Morgan fingerprint density at radius 1 is 1.22 bits per heavy atom. The summed E-state index contributed by atoms with van der Waals surface area (Å²) in [5.74, 6) is -4.57. The van der Waals surface area contributed by atoms with Crippen LogP contribution in [0.4, 0.5) is 4.39 Å². The molecule has 4 atom stereocenters. The molecule has 0 spiro atoms. The van der Waals surface area contributed by atoms with Gasteiger partial charge in [-0.2, -0.15) is 4.39 Å². The highest BCUT2D eigenvalue weighted by Crippen LogP contribution is 2.46. The number of aromatic nitrogens is 2. The maximum atomic E-state index is 13.6. The average molecular weight is 388 g/mol. The van der Waals surface area contributed by atoms with Gasteiger partial charge in [-0.25, -0.2) is 4.79 Å². The SMILES string of the molecule is CC(=O)OC[C@H]1O[C@@H](n2cc(F)c(=O)[nH]c2=O)[C@@](O)(C(C)=O)[C@@]1(O)C(C)=O. The molecule has 2 heterocycles. The highest BCUT2D eigenvalue weighted by Gasteiger charge is 2.72. The summed E-state index contributed by atoms with van der Waals surface area (Å²) in [7, 11) is 0. The minimum atomic E-state index is -3.04. The molecule has 0 unspecified atom stereocenters. The van der Waals surface area contributed by atoms with Crippen LogP contribution in [0.5, 0.6) is 0 Å². The quantitative estimate of drug-likeness (QED) is 0.474. The smallest absolute Gasteiger partial charge is 0.330 e. The number of carbonyl (C=O) groups excluding carboxylic acids is 3. The topological polar surface area (TPSA) is 165 Å². The minimum absolute atomic E-state index is 0.319. The molecule has 148 valence electrons. The van der Waals surface area contributed by atoms with Crippen molar-refractivity contribution in [3.05, 3.63) is 32.9 Å². The van der Waals surface area contributed by atoms with Crippen molar-refractivity contribution in [2.45, 2.75) is 44.3 Å². The normalized spacial score (nSPS) is 30.1. The van der Waals surface area contributed by atoms with Gasteiger partial charge < -0.3 is 19.7 Å². The van der Waals surface area contributed by atoms with Crippen LogP contribution in [0.3, 0.4) is 0 Å². The summed E-state index contributed by atoms with van der Waals surface area (Å²) in [5, 5.41) is 21.8. The molecule has 0 radical (unpaired) electrons. The number of carbonyl (C=O) groups is 3. The zero-order valence-electron chi connectivity index (χ0n) is 14.5. The van der Waals surface area contributed by atoms with E-state index in [4.69, 9.17) is 4.74 Å². The fraction of sp³-hybridized carbons (Fsp3) is 0.533. The number of aliphatic hydroxyl groups is 2. The van der Waals surface area contributed by atoms with Crippen LogP contribution < -0.4 is 11.2 Å². The van der Waals surface area contributed by atoms with Gasteiger partial charge in [0, 0.05) is 6.92 Å². The number of nitrogens with one attached hydrogen (secondary N) is 1. The fourth-order valence-corrected chi connectivity index (χ4v) is 2.98. The van der Waals surface area contributed by atoms with Crippen molar-refractivity contribution in [3.8, 4) is 0 Å². The molecule has 2 rings (SSSR count). The van der Waals surface area contributed by atoms with E-state index in [1.54, 1.807) is 4.98 Å². The number of ether oxygens (including phenoxy) is 2. The molecular formula is C15H17FN2O9. The maximum Gasteiger partial charge on any atom is 0.330 e. The number of halogens is 1. The summed E-state index contributed by atoms with van der Waals surface area (Å²) in [5.41, 5.74) is -8.60. The van der Waals surface area contributed by atoms with Crippen molar-refractivity contribution in [1.29, 1.82) is 0 Å². The van der Waals surface area contributed by atoms with Crippen LogP contribution in [0.25, 0.3) is 0 Å². The van der Waals surface area contributed by atoms with Crippen LogP contribution in [0.15, 0.2) is 15.8 Å². The molecule has 0 saturated carbocycles. The van der Waals surface area contributed by atoms with Crippen LogP contribution in [0, 0.1) is 5.82 Å². The van der Waals surface area contributed by atoms with Crippen LogP contribution >= 0.6 is 0 Å². The number of hydrogen-bond donors (Lipinski definition) is 3. The van der Waals surface area contributed by atoms with Crippen molar-refractivity contribution >= 4 is 17.5 Å². The number of hydrogen-bond acceptors (Lipinski definition) is 9. The van der Waals surface area contributed by atoms with E-state index in [9.17, 15) is 38.6 Å². The van der Waals surface area contributed by atoms with Crippen molar-refractivity contribution < 1.29 is 38.5 Å². The summed E-state index contributed by atoms with van der Waals surface area (Å²) >= 11 is 0. The van der Waals surface area contributed by atoms with Crippen LogP contribution in [0.1, 0.15) is 27.0 Å². The molecule has 27 heavy (non-hydrogen) atoms. The predicted molar refractivity (Wildman–Crippen MR) is 83.1 cm³/mol. The Bertz CT molecular complexity index is 923. The maximum absolute atomic E-state index is 13.6. The molecule has 1 fully saturated rings. The molecule has 11 nitrogen and oxygen atoms in total. The number of H-pyrrole nitrogens is 1. The van der Waals surface area contributed by atoms with E-state index in [1.165, 1.54) is 0 Å². The van der Waals surface area contributed by atoms with Gasteiger partial charge in [0.25, 0.3) is 5.56 Å². The Labute approximate surface area is 150 Å². The molecular weight excluding hydrogens is 371 g/mol. The second-order valence-corrected chi connectivity index (χ2v) is 6.07. The number of ketones is 2. The third-order valence-corrected chi connectivity index (χ3v) is 4.39. The van der Waals surface area contributed by atoms with E-state index in [0.717, 1.165) is 20.8 Å². The Morgan fingerprint density at radius 2 is 1.78 bits per heavy atom. The second kappa shape index (κ2) is 6.79. The van der Waals surface area contributed by atoms with Gasteiger partial charge in [-0.1, -0.05) is 0 Å². The summed E-state index contributed by atoms with van der Waals surface area (Å²) in [6, 6.07) is 0. The van der Waals surface area contributed by atoms with Gasteiger partial charge in [0.15, 0.2) is 23.4 Å². The highest BCUT2D eigenvalue weighted by molar-refractivity contribution is 5.98. The van der Waals surface area contributed by atoms with Crippen molar-refractivity contribution in [2.75, 3.05) is 6.61 Å². The van der Waals surface area contributed by atoms with Crippen molar-refractivity contribution in [3.63, 3.8) is 0 Å². The van der Waals surface area contributed by atoms with Gasteiger partial charge in [-0.05, 0) is 13.8 Å². The van der Waals surface area contributed by atoms with Crippen LogP contribution in [-0.4, -0.2) is 61.2 Å². The lowest BCUT2D eigenvalue weighted by atomic mass is 9.75. The van der Waals surface area contributed by atoms with Crippen molar-refractivity contribution in [2.24, 2.45) is 0 Å². The third-order valence-electron chi connectivity index (χ3n) is 4.39. The average Bonchev–Trinajstić information content (AvgIpc) is 2.79. The molecule has 1 aromatic heterocycles. The standard InChI is InChI=1S/C15H17FN2O9/c1-6(19)14(24)10(5-26-8(3)21)27-12(15(14,25)7(2)20)18-4-9(16)11(22)17-13(18)23/h4,10,12,24-25H,5H2,1-3H3,(H,17,22,23)/t10-,12-,14-,15+/m1/s1. The van der Waals surface area contributed by atoms with Gasteiger partial charge in [0.2, 0.25) is 11.4 Å². The first kappa shape index (κ1) is 20.6. The first-order valence-corrected chi connectivity index (χ1v) is 7.64. The molecule has 3 N–H and O–H groups in total. The molecule has 0 aromatic carbocycles. The van der Waals surface area contributed by atoms with Gasteiger partial charge in [0.1, 0.15) is 12.7 Å². The molecule has 0 amide bonds. The number of aromatic amines is 1. The molecule has 0 bridgehead atoms. The number of rotatable bonds is 5. The van der Waals surface area contributed by atoms with Gasteiger partial charge >= 0.3 is 11.7 Å². The number of nitrogens with zero attached hydrogens (tertiary/aromatic N) is 1. The Kier molecular flexibility index (Phi) is 5.19. The largest absolute Gasteiger partial charge is 0.463 e. The van der Waals surface area contributed by atoms with Crippen LogP contribution in [0.2, 0.25) is 0 Å². The van der Waals surface area contributed by atoms with E-state index in [1.807, 2.05) is 0 Å². The molecule has 1 aliphatic rings. The van der Waals surface area contributed by atoms with E-state index >= 15 is 0 Å². The van der Waals surface area contributed by atoms with Crippen molar-refractivity contribution in [1.82, 2.24) is 9.55 Å². The fourth-order valence-electron chi connectivity index (χ4n) is 2.98. The highest BCUT2D eigenvalue weighted by atomic mass is 19.1. The molecule has 12 heteroatoms. The minimum Gasteiger partial charge on any atom is -0.463 e. The molecule has 1 aliphatic heterocycles. The molecule has 1 saturated heterocycles. The lowest BCUT2D eigenvalue weighted by Gasteiger charge is -2.37. The zero-order valence-corrected chi connectivity index (χ0v) is 14.5. The number of Topliss-reactive ketones (excluding diaryl/α,β-unsaturated/α-hetero) is 2. The Hall–Kier alpha value is -2.70. The van der Waals surface area contributed by atoms with Crippen LogP contribution in [-0.2, 0) is 23.9 Å². The monoisotopic (exact) mass is 388 g/mol. The molecule has 1 aromatic rings. The zero-order chi connectivity index (χ0) is 20.7. The van der Waals surface area contributed by atoms with E-state index < -0.39 is 64.7 Å². The van der Waals surface area contributed by atoms with E-state index in [2.05, 4.69) is 4.74 Å². The number of esters is 1. The predicted octanol–water partition coefficient (Wildman–Crippen LogP) is -2.22. The second-order valence-electron chi connectivity index (χ2n) is 6.07. The van der Waals surface area contributed by atoms with Gasteiger partial charge in [-0.15, -0.1) is 0 Å².